The molecule has 2 aromatic rings. The highest BCUT2D eigenvalue weighted by Crippen LogP contribution is 2.30. The van der Waals surface area contributed by atoms with Crippen LogP contribution in [0, 0.1) is 0 Å². The fourth-order valence-corrected chi connectivity index (χ4v) is 2.29. The Morgan fingerprint density at radius 3 is 2.53 bits per heavy atom. The van der Waals surface area contributed by atoms with Gasteiger partial charge in [-0.25, -0.2) is 0 Å². The Kier molecular flexibility index (Phi) is 4.26. The Bertz CT molecular complexity index is 480. The molecule has 0 aliphatic heterocycles. The maximum absolute atomic E-state index is 5.90. The van der Waals surface area contributed by atoms with Gasteiger partial charge in [-0.15, -0.1) is 0 Å². The van der Waals surface area contributed by atoms with E-state index in [4.69, 9.17) is 16.0 Å². The van der Waals surface area contributed by atoms with Crippen molar-refractivity contribution in [1.82, 2.24) is 5.32 Å². The summed E-state index contributed by atoms with van der Waals surface area (Å²) < 4.78 is 6.49. The van der Waals surface area contributed by atoms with E-state index in [1.54, 1.807) is 6.26 Å². The number of furan rings is 1. The van der Waals surface area contributed by atoms with Gasteiger partial charge in [-0.1, -0.05) is 30.7 Å². The summed E-state index contributed by atoms with van der Waals surface area (Å²) in [5, 5.41) is 4.13. The summed E-state index contributed by atoms with van der Waals surface area (Å²) in [7, 11) is 0. The summed E-state index contributed by atoms with van der Waals surface area (Å²) in [6.07, 6.45) is 1.68. The third-order valence-corrected chi connectivity index (χ3v) is 3.43. The fraction of sp³-hybridized carbons (Fsp3) is 0.231. The normalized spacial score (nSPS) is 12.6. The predicted molar refractivity (Wildman–Crippen MR) is 73.4 cm³/mol. The molecule has 0 aliphatic rings. The van der Waals surface area contributed by atoms with Gasteiger partial charge in [-0.3, -0.25) is 0 Å². The molecule has 2 rings (SSSR count). The van der Waals surface area contributed by atoms with Crippen molar-refractivity contribution in [2.75, 3.05) is 6.54 Å². The molecule has 0 spiro atoms. The Labute approximate surface area is 114 Å². The van der Waals surface area contributed by atoms with Gasteiger partial charge < -0.3 is 9.73 Å². The van der Waals surface area contributed by atoms with Crippen LogP contribution in [0.2, 0.25) is 5.02 Å². The number of benzene rings is 1. The second-order valence-electron chi connectivity index (χ2n) is 3.68. The van der Waals surface area contributed by atoms with Crippen LogP contribution < -0.4 is 5.32 Å². The fourth-order valence-electron chi connectivity index (χ4n) is 1.73. The number of halogens is 2. The largest absolute Gasteiger partial charge is 0.466 e. The highest BCUT2D eigenvalue weighted by atomic mass is 79.9. The van der Waals surface area contributed by atoms with Gasteiger partial charge in [0.2, 0.25) is 0 Å². The highest BCUT2D eigenvalue weighted by Gasteiger charge is 2.18. The van der Waals surface area contributed by atoms with E-state index in [2.05, 4.69) is 28.2 Å². The Balaban J connectivity index is 2.35. The van der Waals surface area contributed by atoms with Crippen LogP contribution in [0.15, 0.2) is 45.5 Å². The molecule has 2 nitrogen and oxygen atoms in total. The summed E-state index contributed by atoms with van der Waals surface area (Å²) in [6, 6.07) is 9.72. The summed E-state index contributed by atoms with van der Waals surface area (Å²) >= 11 is 9.39. The van der Waals surface area contributed by atoms with E-state index in [1.165, 1.54) is 0 Å². The number of hydrogen-bond donors (Lipinski definition) is 1. The lowest BCUT2D eigenvalue weighted by molar-refractivity contribution is 0.450. The van der Waals surface area contributed by atoms with E-state index in [-0.39, 0.29) is 6.04 Å². The van der Waals surface area contributed by atoms with Crippen molar-refractivity contribution in [3.63, 3.8) is 0 Å². The molecule has 4 heteroatoms. The Morgan fingerprint density at radius 1 is 1.29 bits per heavy atom. The third kappa shape index (κ3) is 2.92. The minimum atomic E-state index is 0.0432. The molecule has 0 radical (unpaired) electrons. The van der Waals surface area contributed by atoms with Gasteiger partial charge in [-0.05, 0) is 46.2 Å². The lowest BCUT2D eigenvalue weighted by Crippen LogP contribution is -2.21. The smallest absolute Gasteiger partial charge is 0.139 e. The van der Waals surface area contributed by atoms with Gasteiger partial charge in [0.1, 0.15) is 5.76 Å². The van der Waals surface area contributed by atoms with Gasteiger partial charge in [0.25, 0.3) is 0 Å². The van der Waals surface area contributed by atoms with Crippen molar-refractivity contribution >= 4 is 27.5 Å². The van der Waals surface area contributed by atoms with Crippen molar-refractivity contribution in [3.05, 3.63) is 57.4 Å². The first-order valence-corrected chi connectivity index (χ1v) is 6.61. The molecule has 17 heavy (non-hydrogen) atoms. The molecular weight excluding hydrogens is 302 g/mol. The van der Waals surface area contributed by atoms with Crippen LogP contribution in [0.5, 0.6) is 0 Å². The van der Waals surface area contributed by atoms with Crippen molar-refractivity contribution in [3.8, 4) is 0 Å². The van der Waals surface area contributed by atoms with Gasteiger partial charge in [-0.2, -0.15) is 0 Å². The lowest BCUT2D eigenvalue weighted by Gasteiger charge is -2.16. The highest BCUT2D eigenvalue weighted by molar-refractivity contribution is 9.10. The summed E-state index contributed by atoms with van der Waals surface area (Å²) in [4.78, 5) is 0. The number of rotatable bonds is 4. The van der Waals surface area contributed by atoms with E-state index in [0.717, 1.165) is 27.4 Å². The van der Waals surface area contributed by atoms with Gasteiger partial charge >= 0.3 is 0 Å². The standard InChI is InChI=1S/C13H13BrClNO/c1-2-16-12(13-11(14)7-8-17-13)9-3-5-10(15)6-4-9/h3-8,12,16H,2H2,1H3. The molecule has 1 atom stereocenters. The van der Waals surface area contributed by atoms with Crippen LogP contribution in [0.3, 0.4) is 0 Å². The quantitative estimate of drug-likeness (QED) is 0.905. The molecule has 1 heterocycles. The first-order valence-electron chi connectivity index (χ1n) is 5.44. The van der Waals surface area contributed by atoms with Crippen LogP contribution in [-0.4, -0.2) is 6.54 Å². The second-order valence-corrected chi connectivity index (χ2v) is 4.97. The third-order valence-electron chi connectivity index (χ3n) is 2.52. The molecule has 0 bridgehead atoms. The first kappa shape index (κ1) is 12.7. The molecule has 0 saturated carbocycles. The molecule has 1 N–H and O–H groups in total. The molecule has 1 unspecified atom stereocenters. The summed E-state index contributed by atoms with van der Waals surface area (Å²) in [5.41, 5.74) is 1.13. The first-order chi connectivity index (χ1) is 8.22. The minimum absolute atomic E-state index is 0.0432. The monoisotopic (exact) mass is 313 g/mol. The SMILES string of the molecule is CCNC(c1ccc(Cl)cc1)c1occc1Br. The number of hydrogen-bond acceptors (Lipinski definition) is 2. The lowest BCUT2D eigenvalue weighted by atomic mass is 10.0. The maximum Gasteiger partial charge on any atom is 0.139 e. The molecule has 0 amide bonds. The molecule has 0 saturated heterocycles. The van der Waals surface area contributed by atoms with Crippen molar-refractivity contribution < 1.29 is 4.42 Å². The molecular formula is C13H13BrClNO. The van der Waals surface area contributed by atoms with Crippen LogP contribution in [0.1, 0.15) is 24.3 Å². The van der Waals surface area contributed by atoms with Crippen LogP contribution in [0.25, 0.3) is 0 Å². The number of nitrogens with one attached hydrogen (secondary N) is 1. The van der Waals surface area contributed by atoms with Crippen molar-refractivity contribution in [2.45, 2.75) is 13.0 Å². The van der Waals surface area contributed by atoms with Crippen LogP contribution in [0.4, 0.5) is 0 Å². The molecule has 1 aromatic heterocycles. The minimum Gasteiger partial charge on any atom is -0.466 e. The zero-order valence-corrected chi connectivity index (χ0v) is 11.8. The topological polar surface area (TPSA) is 25.2 Å². The van der Waals surface area contributed by atoms with Gasteiger partial charge in [0, 0.05) is 5.02 Å². The predicted octanol–water partition coefficient (Wildman–Crippen LogP) is 4.39. The molecule has 0 aliphatic carbocycles. The van der Waals surface area contributed by atoms with E-state index in [0.29, 0.717) is 0 Å². The average Bonchev–Trinajstić information content (AvgIpc) is 2.74. The Morgan fingerprint density at radius 2 is 2.00 bits per heavy atom. The zero-order chi connectivity index (χ0) is 12.3. The van der Waals surface area contributed by atoms with E-state index < -0.39 is 0 Å². The maximum atomic E-state index is 5.90. The van der Waals surface area contributed by atoms with Gasteiger partial charge in [0.15, 0.2) is 0 Å². The van der Waals surface area contributed by atoms with Crippen LogP contribution >= 0.6 is 27.5 Å². The van der Waals surface area contributed by atoms with E-state index in [9.17, 15) is 0 Å². The van der Waals surface area contributed by atoms with E-state index in [1.807, 2.05) is 30.3 Å². The molecule has 0 fully saturated rings. The van der Waals surface area contributed by atoms with Crippen molar-refractivity contribution in [1.29, 1.82) is 0 Å². The Hall–Kier alpha value is -0.770. The summed E-state index contributed by atoms with van der Waals surface area (Å²) in [5.74, 6) is 0.883. The molecule has 90 valence electrons. The average molecular weight is 315 g/mol. The summed E-state index contributed by atoms with van der Waals surface area (Å²) in [6.45, 7) is 2.93. The van der Waals surface area contributed by atoms with Crippen LogP contribution in [-0.2, 0) is 0 Å². The molecule has 1 aromatic carbocycles. The van der Waals surface area contributed by atoms with Gasteiger partial charge in [0.05, 0.1) is 16.8 Å². The van der Waals surface area contributed by atoms with E-state index >= 15 is 0 Å². The second kappa shape index (κ2) is 5.71. The zero-order valence-electron chi connectivity index (χ0n) is 9.41. The van der Waals surface area contributed by atoms with Crippen molar-refractivity contribution in [2.24, 2.45) is 0 Å².